The maximum absolute atomic E-state index is 14.0. The van der Waals surface area contributed by atoms with Gasteiger partial charge in [-0.2, -0.15) is 0 Å². The minimum absolute atomic E-state index is 0.0276. The molecule has 0 amide bonds. The number of anilines is 1. The van der Waals surface area contributed by atoms with E-state index < -0.39 is 46.9 Å². The van der Waals surface area contributed by atoms with Crippen LogP contribution in [0.1, 0.15) is 51.3 Å². The fourth-order valence-corrected chi connectivity index (χ4v) is 7.14. The number of aromatic nitrogens is 1. The van der Waals surface area contributed by atoms with Crippen molar-refractivity contribution in [3.8, 4) is 11.5 Å². The summed E-state index contributed by atoms with van der Waals surface area (Å²) in [5.41, 5.74) is 2.63. The largest absolute Gasteiger partial charge is 0.504 e. The number of rotatable bonds is 14. The van der Waals surface area contributed by atoms with Crippen molar-refractivity contribution >= 4 is 34.1 Å². The Bertz CT molecular complexity index is 2290. The molecular formula is C45H35N3O7S. The van der Waals surface area contributed by atoms with Crippen molar-refractivity contribution in [1.29, 1.82) is 0 Å². The third kappa shape index (κ3) is 7.98. The number of phenols is 2. The molecule has 7 rings (SSSR count). The van der Waals surface area contributed by atoms with Gasteiger partial charge < -0.3 is 30.2 Å². The zero-order valence-corrected chi connectivity index (χ0v) is 30.5. The van der Waals surface area contributed by atoms with E-state index in [0.717, 1.165) is 22.8 Å². The lowest BCUT2D eigenvalue weighted by atomic mass is 9.77. The first kappa shape index (κ1) is 37.1. The molecule has 1 aromatic heterocycles. The van der Waals surface area contributed by atoms with E-state index in [4.69, 9.17) is 9.57 Å². The number of carbonyl (C=O) groups excluding carboxylic acids is 1. The molecule has 7 aromatic rings. The van der Waals surface area contributed by atoms with E-state index >= 15 is 0 Å². The highest BCUT2D eigenvalue weighted by atomic mass is 32.1. The minimum atomic E-state index is -1.66. The van der Waals surface area contributed by atoms with E-state index in [9.17, 15) is 24.9 Å². The highest BCUT2D eigenvalue weighted by Gasteiger charge is 2.37. The lowest BCUT2D eigenvalue weighted by molar-refractivity contribution is -0.162. The molecule has 56 heavy (non-hydrogen) atoms. The molecule has 0 spiro atoms. The SMILES string of the molecule is O=C(O)/C(=N/O[C@@H](C(=O)OC(c1ccccc1)c1ccccc1)c1ccc(O)c(O)c1)c1csc(NC(c2ccccc2)(c2ccccc2)c2ccccc2)n1. The molecule has 0 aliphatic heterocycles. The number of carbonyl (C=O) groups is 2. The Hall–Kier alpha value is -7.24. The maximum Gasteiger partial charge on any atom is 0.360 e. The first-order valence-corrected chi connectivity index (χ1v) is 18.4. The number of oxime groups is 1. The minimum Gasteiger partial charge on any atom is -0.504 e. The predicted molar refractivity (Wildman–Crippen MR) is 214 cm³/mol. The zero-order chi connectivity index (χ0) is 38.9. The van der Waals surface area contributed by atoms with Crippen LogP contribution < -0.4 is 5.32 Å². The van der Waals surface area contributed by atoms with Crippen LogP contribution in [-0.4, -0.2) is 38.0 Å². The number of ether oxygens (including phenoxy) is 1. The molecule has 0 unspecified atom stereocenters. The van der Waals surface area contributed by atoms with Gasteiger partial charge in [-0.25, -0.2) is 14.6 Å². The van der Waals surface area contributed by atoms with Crippen molar-refractivity contribution in [2.45, 2.75) is 17.7 Å². The van der Waals surface area contributed by atoms with E-state index in [1.54, 1.807) is 0 Å². The summed E-state index contributed by atoms with van der Waals surface area (Å²) in [4.78, 5) is 37.2. The molecule has 0 fully saturated rings. The van der Waals surface area contributed by atoms with Gasteiger partial charge in [0.1, 0.15) is 11.2 Å². The average Bonchev–Trinajstić information content (AvgIpc) is 3.71. The molecule has 0 saturated carbocycles. The Morgan fingerprint density at radius 2 is 1.12 bits per heavy atom. The summed E-state index contributed by atoms with van der Waals surface area (Å²) in [6.45, 7) is 0. The topological polar surface area (TPSA) is 151 Å². The van der Waals surface area contributed by atoms with Gasteiger partial charge in [-0.05, 0) is 39.9 Å². The average molecular weight is 762 g/mol. The Balaban J connectivity index is 1.25. The molecule has 0 saturated heterocycles. The summed E-state index contributed by atoms with van der Waals surface area (Å²) in [7, 11) is 0. The number of nitrogens with one attached hydrogen (secondary N) is 1. The molecule has 10 nitrogen and oxygen atoms in total. The molecule has 0 bridgehead atoms. The fourth-order valence-electron chi connectivity index (χ4n) is 6.39. The lowest BCUT2D eigenvalue weighted by Gasteiger charge is -2.36. The number of thiazole rings is 1. The summed E-state index contributed by atoms with van der Waals surface area (Å²) in [6, 6.07) is 51.4. The van der Waals surface area contributed by atoms with Crippen LogP contribution in [-0.2, 0) is 24.7 Å². The van der Waals surface area contributed by atoms with Crippen LogP contribution in [0.5, 0.6) is 11.5 Å². The number of esters is 1. The van der Waals surface area contributed by atoms with E-state index in [0.29, 0.717) is 16.3 Å². The Morgan fingerprint density at radius 3 is 1.59 bits per heavy atom. The molecule has 0 aliphatic rings. The number of carboxylic acids is 1. The fraction of sp³-hybridized carbons (Fsp3) is 0.0667. The third-order valence-corrected chi connectivity index (χ3v) is 9.83. The van der Waals surface area contributed by atoms with E-state index in [-0.39, 0.29) is 11.3 Å². The van der Waals surface area contributed by atoms with Crippen LogP contribution in [0.3, 0.4) is 0 Å². The summed E-state index contributed by atoms with van der Waals surface area (Å²) >= 11 is 1.18. The molecular weight excluding hydrogens is 727 g/mol. The van der Waals surface area contributed by atoms with Crippen molar-refractivity contribution in [3.05, 3.63) is 214 Å². The third-order valence-electron chi connectivity index (χ3n) is 9.07. The summed E-state index contributed by atoms with van der Waals surface area (Å²) in [6.07, 6.45) is -2.53. The van der Waals surface area contributed by atoms with Gasteiger partial charge in [-0.15, -0.1) is 11.3 Å². The monoisotopic (exact) mass is 761 g/mol. The number of nitrogens with zero attached hydrogens (tertiary/aromatic N) is 2. The van der Waals surface area contributed by atoms with E-state index in [1.165, 1.54) is 28.8 Å². The van der Waals surface area contributed by atoms with Crippen molar-refractivity contribution in [1.82, 2.24) is 4.98 Å². The van der Waals surface area contributed by atoms with Crippen LogP contribution in [0.15, 0.2) is 180 Å². The number of hydrogen-bond acceptors (Lipinski definition) is 10. The van der Waals surface area contributed by atoms with Gasteiger partial charge in [0.15, 0.2) is 22.7 Å². The highest BCUT2D eigenvalue weighted by Crippen LogP contribution is 2.41. The number of aromatic hydroxyl groups is 2. The van der Waals surface area contributed by atoms with Crippen molar-refractivity contribution < 1.29 is 34.5 Å². The van der Waals surface area contributed by atoms with Crippen LogP contribution >= 0.6 is 11.3 Å². The summed E-state index contributed by atoms with van der Waals surface area (Å²) in [5, 5.41) is 40.3. The Morgan fingerprint density at radius 1 is 0.643 bits per heavy atom. The first-order valence-electron chi connectivity index (χ1n) is 17.5. The lowest BCUT2D eigenvalue weighted by Crippen LogP contribution is -2.38. The standard InChI is InChI=1S/C45H35N3O7S/c49-37-27-26-32(28-38(37)50)41(43(53)54-40(30-16-6-1-7-17-30)31-18-8-2-9-19-31)55-48-39(42(51)52)36-29-56-44(46-36)47-45(33-20-10-3-11-21-33,34-22-12-4-13-23-34)35-24-14-5-15-25-35/h1-29,40-41,49-50H,(H,46,47)(H,51,52)/b48-39+/t41-/m1/s1. The molecule has 0 aliphatic carbocycles. The van der Waals surface area contributed by atoms with Crippen LogP contribution in [0.4, 0.5) is 5.13 Å². The molecule has 1 atom stereocenters. The van der Waals surface area contributed by atoms with Crippen molar-refractivity contribution in [2.75, 3.05) is 5.32 Å². The van der Waals surface area contributed by atoms with Gasteiger partial charge in [0.25, 0.3) is 0 Å². The highest BCUT2D eigenvalue weighted by molar-refractivity contribution is 7.14. The molecule has 11 heteroatoms. The van der Waals surface area contributed by atoms with Crippen LogP contribution in [0, 0.1) is 0 Å². The Labute approximate surface area is 326 Å². The van der Waals surface area contributed by atoms with Crippen LogP contribution in [0.25, 0.3) is 0 Å². The number of hydrogen-bond donors (Lipinski definition) is 4. The quantitative estimate of drug-likeness (QED) is 0.0280. The second kappa shape index (κ2) is 16.8. The maximum atomic E-state index is 14.0. The second-order valence-electron chi connectivity index (χ2n) is 12.6. The smallest absolute Gasteiger partial charge is 0.360 e. The number of phenolic OH excluding ortho intramolecular Hbond substituents is 2. The van der Waals surface area contributed by atoms with Crippen molar-refractivity contribution in [2.24, 2.45) is 5.16 Å². The van der Waals surface area contributed by atoms with E-state index in [2.05, 4.69) is 15.5 Å². The predicted octanol–water partition coefficient (Wildman–Crippen LogP) is 8.84. The molecule has 1 heterocycles. The van der Waals surface area contributed by atoms with Gasteiger partial charge in [-0.3, -0.25) is 0 Å². The summed E-state index contributed by atoms with van der Waals surface area (Å²) in [5.74, 6) is -3.35. The number of carboxylic acid groups (broad SMARTS) is 1. The first-order chi connectivity index (χ1) is 27.3. The van der Waals surface area contributed by atoms with Crippen LogP contribution in [0.2, 0.25) is 0 Å². The normalized spacial score (nSPS) is 12.1. The van der Waals surface area contributed by atoms with E-state index in [1.807, 2.05) is 152 Å². The molecule has 4 N–H and O–H groups in total. The van der Waals surface area contributed by atoms with Gasteiger partial charge in [-0.1, -0.05) is 163 Å². The summed E-state index contributed by atoms with van der Waals surface area (Å²) < 4.78 is 6.04. The Kier molecular flexibility index (Phi) is 11.2. The second-order valence-corrected chi connectivity index (χ2v) is 13.5. The van der Waals surface area contributed by atoms with Gasteiger partial charge in [0.05, 0.1) is 0 Å². The van der Waals surface area contributed by atoms with Gasteiger partial charge in [0, 0.05) is 10.9 Å². The number of benzene rings is 6. The van der Waals surface area contributed by atoms with Gasteiger partial charge in [0.2, 0.25) is 11.8 Å². The number of aliphatic carboxylic acids is 1. The van der Waals surface area contributed by atoms with Gasteiger partial charge >= 0.3 is 11.9 Å². The van der Waals surface area contributed by atoms with Crippen molar-refractivity contribution in [3.63, 3.8) is 0 Å². The molecule has 0 radical (unpaired) electrons. The molecule has 6 aromatic carbocycles. The molecule has 278 valence electrons. The zero-order valence-electron chi connectivity index (χ0n) is 29.7.